The van der Waals surface area contributed by atoms with Gasteiger partial charge in [0.05, 0.1) is 0 Å². The molecule has 0 saturated carbocycles. The Bertz CT molecular complexity index is 214. The molecule has 0 fully saturated rings. The van der Waals surface area contributed by atoms with Gasteiger partial charge in [-0.1, -0.05) is 34.3 Å². The maximum atomic E-state index is 11.0. The van der Waals surface area contributed by atoms with Crippen LogP contribution < -0.4 is 0 Å². The third kappa shape index (κ3) is 5.31. The number of nitrogens with zero attached hydrogens (tertiary/aromatic N) is 1. The van der Waals surface area contributed by atoms with Gasteiger partial charge in [-0.25, -0.2) is 4.79 Å². The highest BCUT2D eigenvalue weighted by Crippen LogP contribution is 2.14. The summed E-state index contributed by atoms with van der Waals surface area (Å²) >= 11 is 0. The topological polar surface area (TPSA) is 29.5 Å². The van der Waals surface area contributed by atoms with Crippen molar-refractivity contribution in [2.45, 2.75) is 46.6 Å². The van der Waals surface area contributed by atoms with Crippen LogP contribution in [0.3, 0.4) is 0 Å². The molecule has 0 aromatic rings. The van der Waals surface area contributed by atoms with E-state index in [0.717, 1.165) is 19.4 Å². The van der Waals surface area contributed by atoms with Crippen LogP contribution in [0, 0.1) is 5.92 Å². The molecule has 0 aromatic carbocycles. The zero-order valence-corrected chi connectivity index (χ0v) is 11.0. The fourth-order valence-electron chi connectivity index (χ4n) is 1.97. The van der Waals surface area contributed by atoms with Crippen molar-refractivity contribution in [2.75, 3.05) is 13.3 Å². The number of hydrogen-bond acceptors (Lipinski definition) is 3. The summed E-state index contributed by atoms with van der Waals surface area (Å²) in [5.74, 6) is 0.221. The van der Waals surface area contributed by atoms with Crippen molar-refractivity contribution < 1.29 is 9.53 Å². The molecule has 0 aliphatic heterocycles. The fraction of sp³-hybridized carbons (Fsp3) is 0.769. The molecule has 0 spiro atoms. The minimum atomic E-state index is -0.347. The number of carbonyl (C=O) groups is 1. The lowest BCUT2D eigenvalue weighted by Crippen LogP contribution is -2.41. The van der Waals surface area contributed by atoms with E-state index in [1.54, 1.807) is 0 Å². The predicted molar refractivity (Wildman–Crippen MR) is 67.1 cm³/mol. The van der Waals surface area contributed by atoms with Gasteiger partial charge in [-0.3, -0.25) is 4.90 Å². The lowest BCUT2D eigenvalue weighted by molar-refractivity contribution is -0.144. The van der Waals surface area contributed by atoms with E-state index in [1.165, 1.54) is 6.08 Å². The van der Waals surface area contributed by atoms with Crippen LogP contribution in [0.4, 0.5) is 0 Å². The van der Waals surface area contributed by atoms with Crippen molar-refractivity contribution in [3.63, 3.8) is 0 Å². The van der Waals surface area contributed by atoms with Crippen LogP contribution >= 0.6 is 0 Å². The number of esters is 1. The lowest BCUT2D eigenvalue weighted by atomic mass is 10.0. The minimum Gasteiger partial charge on any atom is -0.446 e. The quantitative estimate of drug-likeness (QED) is 0.363. The van der Waals surface area contributed by atoms with Gasteiger partial charge in [-0.2, -0.15) is 0 Å². The first-order chi connectivity index (χ1) is 7.56. The fourth-order valence-corrected chi connectivity index (χ4v) is 1.97. The van der Waals surface area contributed by atoms with Gasteiger partial charge in [0, 0.05) is 18.7 Å². The largest absolute Gasteiger partial charge is 0.446 e. The van der Waals surface area contributed by atoms with Crippen molar-refractivity contribution in [1.29, 1.82) is 0 Å². The van der Waals surface area contributed by atoms with Gasteiger partial charge in [0.2, 0.25) is 0 Å². The second-order valence-electron chi connectivity index (χ2n) is 4.33. The Kier molecular flexibility index (Phi) is 7.90. The Morgan fingerprint density at radius 3 is 2.44 bits per heavy atom. The SMILES string of the molecule is C=CC(=O)OCN(CCC)C(CC)C(C)C. The van der Waals surface area contributed by atoms with Gasteiger partial charge < -0.3 is 4.74 Å². The van der Waals surface area contributed by atoms with Gasteiger partial charge in [0.25, 0.3) is 0 Å². The Morgan fingerprint density at radius 1 is 1.44 bits per heavy atom. The van der Waals surface area contributed by atoms with Gasteiger partial charge >= 0.3 is 5.97 Å². The molecule has 0 radical (unpaired) electrons. The average molecular weight is 227 g/mol. The number of ether oxygens (including phenoxy) is 1. The molecule has 1 unspecified atom stereocenters. The van der Waals surface area contributed by atoms with E-state index >= 15 is 0 Å². The van der Waals surface area contributed by atoms with E-state index in [0.29, 0.717) is 18.7 Å². The highest BCUT2D eigenvalue weighted by Gasteiger charge is 2.20. The Morgan fingerprint density at radius 2 is 2.06 bits per heavy atom. The third-order valence-corrected chi connectivity index (χ3v) is 2.71. The summed E-state index contributed by atoms with van der Waals surface area (Å²) in [5, 5.41) is 0. The van der Waals surface area contributed by atoms with E-state index in [-0.39, 0.29) is 5.97 Å². The third-order valence-electron chi connectivity index (χ3n) is 2.71. The van der Waals surface area contributed by atoms with E-state index in [4.69, 9.17) is 4.74 Å². The first-order valence-corrected chi connectivity index (χ1v) is 6.09. The number of hydrogen-bond donors (Lipinski definition) is 0. The second kappa shape index (κ2) is 8.34. The Balaban J connectivity index is 4.33. The summed E-state index contributed by atoms with van der Waals surface area (Å²) < 4.78 is 5.11. The first-order valence-electron chi connectivity index (χ1n) is 6.09. The van der Waals surface area contributed by atoms with Crippen LogP contribution in [0.1, 0.15) is 40.5 Å². The molecule has 0 amide bonds. The summed E-state index contributed by atoms with van der Waals surface area (Å²) in [4.78, 5) is 13.3. The van der Waals surface area contributed by atoms with Crippen molar-refractivity contribution in [3.05, 3.63) is 12.7 Å². The molecule has 3 heteroatoms. The van der Waals surface area contributed by atoms with Crippen molar-refractivity contribution >= 4 is 5.97 Å². The van der Waals surface area contributed by atoms with E-state index < -0.39 is 0 Å². The van der Waals surface area contributed by atoms with Gasteiger partial charge in [0.1, 0.15) is 6.73 Å². The lowest BCUT2D eigenvalue weighted by Gasteiger charge is -2.32. The van der Waals surface area contributed by atoms with Crippen LogP contribution in [0.15, 0.2) is 12.7 Å². The van der Waals surface area contributed by atoms with Crippen molar-refractivity contribution in [1.82, 2.24) is 4.90 Å². The van der Waals surface area contributed by atoms with E-state index in [1.807, 2.05) is 0 Å². The minimum absolute atomic E-state index is 0.347. The molecule has 0 bridgehead atoms. The van der Waals surface area contributed by atoms with Crippen LogP contribution in [-0.4, -0.2) is 30.2 Å². The smallest absolute Gasteiger partial charge is 0.331 e. The highest BCUT2D eigenvalue weighted by molar-refractivity contribution is 5.81. The van der Waals surface area contributed by atoms with Gasteiger partial charge in [-0.05, 0) is 18.8 Å². The van der Waals surface area contributed by atoms with E-state index in [9.17, 15) is 4.79 Å². The summed E-state index contributed by atoms with van der Waals surface area (Å²) in [6.07, 6.45) is 3.35. The van der Waals surface area contributed by atoms with Crippen LogP contribution in [0.2, 0.25) is 0 Å². The Labute approximate surface area is 99.5 Å². The number of rotatable bonds is 8. The van der Waals surface area contributed by atoms with Gasteiger partial charge in [0.15, 0.2) is 0 Å². The molecule has 1 atom stereocenters. The summed E-state index contributed by atoms with van der Waals surface area (Å²) in [7, 11) is 0. The van der Waals surface area contributed by atoms with Crippen molar-refractivity contribution in [3.8, 4) is 0 Å². The normalized spacial score (nSPS) is 12.9. The Hall–Kier alpha value is -0.830. The first kappa shape index (κ1) is 15.2. The second-order valence-corrected chi connectivity index (χ2v) is 4.33. The summed E-state index contributed by atoms with van der Waals surface area (Å²) in [6.45, 7) is 13.4. The molecule has 0 rings (SSSR count). The predicted octanol–water partition coefficient (Wildman–Crippen LogP) is 2.82. The molecule has 0 aromatic heterocycles. The van der Waals surface area contributed by atoms with Crippen LogP contribution in [0.25, 0.3) is 0 Å². The zero-order chi connectivity index (χ0) is 12.6. The van der Waals surface area contributed by atoms with Gasteiger partial charge in [-0.15, -0.1) is 0 Å². The monoisotopic (exact) mass is 227 g/mol. The molecule has 0 N–H and O–H groups in total. The van der Waals surface area contributed by atoms with Crippen molar-refractivity contribution in [2.24, 2.45) is 5.92 Å². The van der Waals surface area contributed by atoms with E-state index in [2.05, 4.69) is 39.2 Å². The van der Waals surface area contributed by atoms with Crippen LogP contribution in [-0.2, 0) is 9.53 Å². The highest BCUT2D eigenvalue weighted by atomic mass is 16.5. The molecular formula is C13H25NO2. The average Bonchev–Trinajstić information content (AvgIpc) is 2.25. The molecule has 0 aliphatic carbocycles. The molecule has 94 valence electrons. The molecule has 16 heavy (non-hydrogen) atoms. The molecular weight excluding hydrogens is 202 g/mol. The molecule has 0 aliphatic rings. The molecule has 0 heterocycles. The molecule has 3 nitrogen and oxygen atoms in total. The number of carbonyl (C=O) groups excluding carboxylic acids is 1. The maximum Gasteiger partial charge on any atom is 0.331 e. The summed E-state index contributed by atoms with van der Waals surface area (Å²) in [6, 6.07) is 0.470. The van der Waals surface area contributed by atoms with Crippen LogP contribution in [0.5, 0.6) is 0 Å². The zero-order valence-electron chi connectivity index (χ0n) is 11.0. The standard InChI is InChI=1S/C13H25NO2/c1-6-9-14(10-16-13(15)8-3)12(7-2)11(4)5/h8,11-12H,3,6-7,9-10H2,1-2,4-5H3. The molecule has 0 saturated heterocycles. The maximum absolute atomic E-state index is 11.0. The summed E-state index contributed by atoms with van der Waals surface area (Å²) in [5.41, 5.74) is 0.